The van der Waals surface area contributed by atoms with Gasteiger partial charge in [-0.2, -0.15) is 5.10 Å². The Labute approximate surface area is 134 Å². The summed E-state index contributed by atoms with van der Waals surface area (Å²) in [6.07, 6.45) is 0. The first kappa shape index (κ1) is 16.6. The maximum absolute atomic E-state index is 11.0. The van der Waals surface area contributed by atoms with E-state index in [9.17, 15) is 4.79 Å². The normalized spacial score (nSPS) is 11.6. The van der Waals surface area contributed by atoms with E-state index in [1.54, 1.807) is 19.2 Å². The van der Waals surface area contributed by atoms with Crippen molar-refractivity contribution in [2.45, 2.75) is 26.9 Å². The van der Waals surface area contributed by atoms with Crippen molar-refractivity contribution in [2.24, 2.45) is 17.8 Å². The molecule has 8 nitrogen and oxygen atoms in total. The lowest BCUT2D eigenvalue weighted by Gasteiger charge is -2.11. The van der Waals surface area contributed by atoms with E-state index in [0.717, 1.165) is 17.0 Å². The Morgan fingerprint density at radius 3 is 2.57 bits per heavy atom. The van der Waals surface area contributed by atoms with Gasteiger partial charge in [0.25, 0.3) is 5.91 Å². The topological polar surface area (TPSA) is 110 Å². The first-order valence-corrected chi connectivity index (χ1v) is 7.24. The van der Waals surface area contributed by atoms with Gasteiger partial charge in [-0.1, -0.05) is 0 Å². The molecule has 0 spiro atoms. The number of aromatic nitrogens is 2. The number of aliphatic imine (C=N–C) groups is 1. The number of nitrogens with zero attached hydrogens (tertiary/aromatic N) is 3. The van der Waals surface area contributed by atoms with E-state index >= 15 is 0 Å². The fourth-order valence-electron chi connectivity index (χ4n) is 2.24. The summed E-state index contributed by atoms with van der Waals surface area (Å²) in [6.45, 7) is 5.03. The number of carbonyl (C=O) groups excluding carboxylic acids is 1. The average Bonchev–Trinajstić information content (AvgIpc) is 3.07. The number of amides is 1. The highest BCUT2D eigenvalue weighted by molar-refractivity contribution is 5.89. The number of guanidine groups is 1. The Hall–Kier alpha value is -2.77. The predicted octanol–water partition coefficient (Wildman–Crippen LogP) is 0.594. The fourth-order valence-corrected chi connectivity index (χ4v) is 2.24. The smallest absolute Gasteiger partial charge is 0.284 e. The molecule has 0 aliphatic rings. The molecule has 0 radical (unpaired) electrons. The number of nitrogens with two attached hydrogens (primary N) is 1. The van der Waals surface area contributed by atoms with E-state index in [0.29, 0.717) is 24.8 Å². The van der Waals surface area contributed by atoms with Gasteiger partial charge in [0.15, 0.2) is 11.7 Å². The molecule has 0 fully saturated rings. The first-order chi connectivity index (χ1) is 10.9. The Balaban J connectivity index is 1.91. The third-order valence-electron chi connectivity index (χ3n) is 3.65. The molecule has 0 saturated heterocycles. The molecule has 2 aromatic rings. The monoisotopic (exact) mass is 318 g/mol. The number of carbonyl (C=O) groups is 1. The summed E-state index contributed by atoms with van der Waals surface area (Å²) < 4.78 is 7.17. The first-order valence-electron chi connectivity index (χ1n) is 7.24. The highest BCUT2D eigenvalue weighted by Crippen LogP contribution is 2.11. The molecule has 1 amide bonds. The SMILES string of the molecule is CN=C(NCc1ccc(C(N)=O)o1)NCc1c(C)nn(C)c1C. The molecule has 124 valence electrons. The number of nitrogens with one attached hydrogen (secondary N) is 2. The maximum atomic E-state index is 11.0. The highest BCUT2D eigenvalue weighted by Gasteiger charge is 2.10. The second-order valence-corrected chi connectivity index (χ2v) is 5.18. The standard InChI is InChI=1S/C15H22N6O2/c1-9-12(10(2)21(4)20-9)8-19-15(17-3)18-7-11-5-6-13(23-11)14(16)22/h5-6H,7-8H2,1-4H3,(H2,16,22)(H2,17,18,19). The van der Waals surface area contributed by atoms with Gasteiger partial charge in [-0.25, -0.2) is 0 Å². The highest BCUT2D eigenvalue weighted by atomic mass is 16.3. The van der Waals surface area contributed by atoms with Gasteiger partial charge < -0.3 is 20.8 Å². The van der Waals surface area contributed by atoms with Gasteiger partial charge in [-0.05, 0) is 26.0 Å². The third-order valence-corrected chi connectivity index (χ3v) is 3.65. The second-order valence-electron chi connectivity index (χ2n) is 5.18. The largest absolute Gasteiger partial charge is 0.454 e. The Morgan fingerprint density at radius 1 is 1.35 bits per heavy atom. The minimum atomic E-state index is -0.582. The summed E-state index contributed by atoms with van der Waals surface area (Å²) in [4.78, 5) is 15.2. The van der Waals surface area contributed by atoms with Crippen LogP contribution in [0.2, 0.25) is 0 Å². The van der Waals surface area contributed by atoms with Crippen molar-refractivity contribution in [3.63, 3.8) is 0 Å². The molecule has 0 bridgehead atoms. The van der Waals surface area contributed by atoms with Crippen LogP contribution in [0, 0.1) is 13.8 Å². The summed E-state index contributed by atoms with van der Waals surface area (Å²) in [5, 5.41) is 10.7. The minimum Gasteiger partial charge on any atom is -0.454 e. The number of rotatable bonds is 5. The van der Waals surface area contributed by atoms with Crippen molar-refractivity contribution in [1.29, 1.82) is 0 Å². The lowest BCUT2D eigenvalue weighted by atomic mass is 10.2. The van der Waals surface area contributed by atoms with Crippen LogP contribution in [0.25, 0.3) is 0 Å². The van der Waals surface area contributed by atoms with Crippen LogP contribution in [0.15, 0.2) is 21.5 Å². The van der Waals surface area contributed by atoms with Crippen LogP contribution >= 0.6 is 0 Å². The number of furan rings is 1. The van der Waals surface area contributed by atoms with Gasteiger partial charge in [0, 0.05) is 31.9 Å². The van der Waals surface area contributed by atoms with E-state index in [2.05, 4.69) is 20.7 Å². The summed E-state index contributed by atoms with van der Waals surface area (Å²) in [7, 11) is 3.61. The molecule has 2 heterocycles. The molecule has 23 heavy (non-hydrogen) atoms. The second kappa shape index (κ2) is 6.99. The molecule has 2 aromatic heterocycles. The lowest BCUT2D eigenvalue weighted by molar-refractivity contribution is 0.0972. The Morgan fingerprint density at radius 2 is 2.04 bits per heavy atom. The van der Waals surface area contributed by atoms with Gasteiger partial charge in [-0.3, -0.25) is 14.5 Å². The lowest BCUT2D eigenvalue weighted by Crippen LogP contribution is -2.36. The van der Waals surface area contributed by atoms with E-state index in [-0.39, 0.29) is 5.76 Å². The van der Waals surface area contributed by atoms with E-state index in [1.165, 1.54) is 0 Å². The molecule has 0 unspecified atom stereocenters. The molecular weight excluding hydrogens is 296 g/mol. The Bertz CT molecular complexity index is 728. The summed E-state index contributed by atoms with van der Waals surface area (Å²) in [5.74, 6) is 0.799. The molecule has 0 aliphatic heterocycles. The predicted molar refractivity (Wildman–Crippen MR) is 86.9 cm³/mol. The van der Waals surface area contributed by atoms with Gasteiger partial charge in [0.2, 0.25) is 0 Å². The summed E-state index contributed by atoms with van der Waals surface area (Å²) in [6, 6.07) is 3.26. The van der Waals surface area contributed by atoms with Gasteiger partial charge in [0.05, 0.1) is 12.2 Å². The van der Waals surface area contributed by atoms with Crippen LogP contribution in [0.1, 0.15) is 33.3 Å². The molecule has 8 heteroatoms. The summed E-state index contributed by atoms with van der Waals surface area (Å²) in [5.41, 5.74) is 8.40. The van der Waals surface area contributed by atoms with Crippen LogP contribution in [0.5, 0.6) is 0 Å². The van der Waals surface area contributed by atoms with Crippen molar-refractivity contribution in [1.82, 2.24) is 20.4 Å². The van der Waals surface area contributed by atoms with Crippen LogP contribution in [-0.2, 0) is 20.1 Å². The van der Waals surface area contributed by atoms with Crippen molar-refractivity contribution < 1.29 is 9.21 Å². The molecule has 4 N–H and O–H groups in total. The number of hydrogen-bond acceptors (Lipinski definition) is 4. The van der Waals surface area contributed by atoms with Gasteiger partial charge in [-0.15, -0.1) is 0 Å². The maximum Gasteiger partial charge on any atom is 0.284 e. The van der Waals surface area contributed by atoms with Crippen LogP contribution in [-0.4, -0.2) is 28.7 Å². The number of hydrogen-bond donors (Lipinski definition) is 3. The van der Waals surface area contributed by atoms with E-state index < -0.39 is 5.91 Å². The minimum absolute atomic E-state index is 0.145. The molecule has 0 aromatic carbocycles. The number of aryl methyl sites for hydroxylation is 2. The molecule has 2 rings (SSSR count). The van der Waals surface area contributed by atoms with Crippen molar-refractivity contribution in [3.05, 3.63) is 40.6 Å². The zero-order chi connectivity index (χ0) is 17.0. The van der Waals surface area contributed by atoms with Crippen molar-refractivity contribution in [2.75, 3.05) is 7.05 Å². The van der Waals surface area contributed by atoms with E-state index in [4.69, 9.17) is 10.2 Å². The quantitative estimate of drug-likeness (QED) is 0.552. The van der Waals surface area contributed by atoms with Crippen molar-refractivity contribution >= 4 is 11.9 Å². The van der Waals surface area contributed by atoms with Gasteiger partial charge >= 0.3 is 0 Å². The zero-order valence-corrected chi connectivity index (χ0v) is 13.8. The molecule has 0 saturated carbocycles. The molecule has 0 atom stereocenters. The molecule has 0 aliphatic carbocycles. The summed E-state index contributed by atoms with van der Waals surface area (Å²) >= 11 is 0. The zero-order valence-electron chi connectivity index (χ0n) is 13.8. The van der Waals surface area contributed by atoms with Crippen LogP contribution in [0.3, 0.4) is 0 Å². The van der Waals surface area contributed by atoms with Crippen molar-refractivity contribution in [3.8, 4) is 0 Å². The average molecular weight is 318 g/mol. The fraction of sp³-hybridized carbons (Fsp3) is 0.400. The van der Waals surface area contributed by atoms with Crippen LogP contribution in [0.4, 0.5) is 0 Å². The number of primary amides is 1. The van der Waals surface area contributed by atoms with Gasteiger partial charge in [0.1, 0.15) is 5.76 Å². The Kier molecular flexibility index (Phi) is 5.05. The van der Waals surface area contributed by atoms with E-state index in [1.807, 2.05) is 25.6 Å². The third kappa shape index (κ3) is 3.91. The molecular formula is C15H22N6O2. The van der Waals surface area contributed by atoms with Crippen LogP contribution < -0.4 is 16.4 Å².